The molecule has 0 N–H and O–H groups in total. The van der Waals surface area contributed by atoms with Crippen LogP contribution in [0.3, 0.4) is 0 Å². The molecule has 1 amide bonds. The van der Waals surface area contributed by atoms with Crippen LogP contribution in [0.25, 0.3) is 12.2 Å². The highest BCUT2D eigenvalue weighted by Crippen LogP contribution is 2.18. The van der Waals surface area contributed by atoms with Crippen LogP contribution in [0.4, 0.5) is 0 Å². The van der Waals surface area contributed by atoms with Crippen LogP contribution in [0.1, 0.15) is 56.1 Å². The van der Waals surface area contributed by atoms with Gasteiger partial charge in [0, 0.05) is 17.6 Å². The molecule has 0 heterocycles. The number of nitrogens with zero attached hydrogens (tertiary/aromatic N) is 1. The van der Waals surface area contributed by atoms with Gasteiger partial charge in [0.25, 0.3) is 5.91 Å². The number of carbonyl (C=O) groups excluding carboxylic acids is 1. The van der Waals surface area contributed by atoms with E-state index < -0.39 is 0 Å². The maximum atomic E-state index is 13.1. The summed E-state index contributed by atoms with van der Waals surface area (Å²) in [4.78, 5) is 15.0. The minimum Gasteiger partial charge on any atom is -0.334 e. The number of carbonyl (C=O) groups is 1. The lowest BCUT2D eigenvalue weighted by atomic mass is 10.0. The fourth-order valence-electron chi connectivity index (χ4n) is 3.12. The van der Waals surface area contributed by atoms with E-state index in [1.807, 2.05) is 53.4 Å². The highest BCUT2D eigenvalue weighted by atomic mass is 16.2. The van der Waals surface area contributed by atoms with Gasteiger partial charge in [0.15, 0.2) is 0 Å². The van der Waals surface area contributed by atoms with Gasteiger partial charge in [0.2, 0.25) is 0 Å². The fraction of sp³-hybridized carbons (Fsp3) is 0.292. The molecule has 2 aromatic rings. The summed E-state index contributed by atoms with van der Waals surface area (Å²) >= 11 is 0. The first-order valence-electron chi connectivity index (χ1n) is 9.23. The van der Waals surface area contributed by atoms with E-state index in [1.54, 1.807) is 0 Å². The molecule has 0 saturated heterocycles. The largest absolute Gasteiger partial charge is 0.334 e. The quantitative estimate of drug-likeness (QED) is 0.581. The minimum atomic E-state index is 0.0833. The lowest BCUT2D eigenvalue weighted by Crippen LogP contribution is -2.42. The Bertz CT molecular complexity index is 777. The predicted octanol–water partition coefficient (Wildman–Crippen LogP) is 6.06. The normalized spacial score (nSPS) is 12.2. The Morgan fingerprint density at radius 3 is 2.08 bits per heavy atom. The van der Waals surface area contributed by atoms with E-state index in [-0.39, 0.29) is 18.0 Å². The van der Waals surface area contributed by atoms with Crippen molar-refractivity contribution in [2.45, 2.75) is 46.7 Å². The molecule has 2 nitrogen and oxygen atoms in total. The molecule has 0 aliphatic carbocycles. The molecular weight excluding hydrogens is 318 g/mol. The van der Waals surface area contributed by atoms with Gasteiger partial charge in [-0.2, -0.15) is 0 Å². The number of hydrogen-bond donors (Lipinski definition) is 0. The van der Waals surface area contributed by atoms with Gasteiger partial charge in [0.1, 0.15) is 0 Å². The first-order chi connectivity index (χ1) is 12.4. The summed E-state index contributed by atoms with van der Waals surface area (Å²) in [5.41, 5.74) is 4.01. The second-order valence-electron chi connectivity index (χ2n) is 7.12. The predicted molar refractivity (Wildman–Crippen MR) is 112 cm³/mol. The van der Waals surface area contributed by atoms with E-state index in [4.69, 9.17) is 0 Å². The van der Waals surface area contributed by atoms with Crippen molar-refractivity contribution in [3.05, 3.63) is 82.9 Å². The number of rotatable bonds is 6. The van der Waals surface area contributed by atoms with Crippen LogP contribution in [0, 0.1) is 0 Å². The Balaban J connectivity index is 2.29. The lowest BCUT2D eigenvalue weighted by Gasteiger charge is -2.31. The number of allylic oxidation sites excluding steroid dienone is 2. The fourth-order valence-corrected chi connectivity index (χ4v) is 3.12. The van der Waals surface area contributed by atoms with Gasteiger partial charge in [-0.15, -0.1) is 0 Å². The zero-order chi connectivity index (χ0) is 19.1. The Morgan fingerprint density at radius 1 is 0.885 bits per heavy atom. The zero-order valence-corrected chi connectivity index (χ0v) is 16.4. The van der Waals surface area contributed by atoms with Crippen molar-refractivity contribution in [1.29, 1.82) is 0 Å². The lowest BCUT2D eigenvalue weighted by molar-refractivity contribution is 0.0643. The van der Waals surface area contributed by atoms with Gasteiger partial charge in [-0.1, -0.05) is 72.3 Å². The van der Waals surface area contributed by atoms with Gasteiger partial charge >= 0.3 is 0 Å². The van der Waals surface area contributed by atoms with Crippen molar-refractivity contribution < 1.29 is 4.79 Å². The third-order valence-electron chi connectivity index (χ3n) is 4.26. The van der Waals surface area contributed by atoms with Crippen molar-refractivity contribution in [3.63, 3.8) is 0 Å². The average Bonchev–Trinajstić information content (AvgIpc) is 2.60. The SMILES string of the molecule is CC(/C=C/c1ccccc1C(=O)N(C(C)C)C(C)C)=C\c1ccccc1. The highest BCUT2D eigenvalue weighted by Gasteiger charge is 2.22. The van der Waals surface area contributed by atoms with Crippen LogP contribution in [-0.2, 0) is 0 Å². The van der Waals surface area contributed by atoms with Crippen molar-refractivity contribution >= 4 is 18.1 Å². The Kier molecular flexibility index (Phi) is 6.97. The smallest absolute Gasteiger partial charge is 0.254 e. The topological polar surface area (TPSA) is 20.3 Å². The van der Waals surface area contributed by atoms with Gasteiger partial charge in [-0.3, -0.25) is 4.79 Å². The summed E-state index contributed by atoms with van der Waals surface area (Å²) in [6.07, 6.45) is 6.23. The third-order valence-corrected chi connectivity index (χ3v) is 4.26. The summed E-state index contributed by atoms with van der Waals surface area (Å²) in [5.74, 6) is 0.0833. The van der Waals surface area contributed by atoms with E-state index in [0.717, 1.165) is 16.7 Å². The minimum absolute atomic E-state index is 0.0833. The molecule has 26 heavy (non-hydrogen) atoms. The molecule has 0 bridgehead atoms. The van der Waals surface area contributed by atoms with Crippen molar-refractivity contribution in [3.8, 4) is 0 Å². The third kappa shape index (κ3) is 5.19. The Hall–Kier alpha value is -2.61. The van der Waals surface area contributed by atoms with Gasteiger partial charge in [-0.05, 0) is 51.8 Å². The van der Waals surface area contributed by atoms with Crippen molar-refractivity contribution in [2.75, 3.05) is 0 Å². The van der Waals surface area contributed by atoms with Crippen LogP contribution >= 0.6 is 0 Å². The molecule has 0 aliphatic rings. The van der Waals surface area contributed by atoms with Gasteiger partial charge in [-0.25, -0.2) is 0 Å². The Morgan fingerprint density at radius 2 is 1.46 bits per heavy atom. The van der Waals surface area contributed by atoms with Crippen molar-refractivity contribution in [1.82, 2.24) is 4.90 Å². The molecule has 0 radical (unpaired) electrons. The van der Waals surface area contributed by atoms with E-state index in [1.165, 1.54) is 5.56 Å². The first kappa shape index (κ1) is 19.7. The maximum absolute atomic E-state index is 13.1. The van der Waals surface area contributed by atoms with Crippen molar-refractivity contribution in [2.24, 2.45) is 0 Å². The second kappa shape index (κ2) is 9.19. The number of amides is 1. The van der Waals surface area contributed by atoms with Crippen LogP contribution < -0.4 is 0 Å². The van der Waals surface area contributed by atoms with E-state index in [9.17, 15) is 4.79 Å². The summed E-state index contributed by atoms with van der Waals surface area (Å²) in [7, 11) is 0. The molecule has 0 spiro atoms. The molecule has 136 valence electrons. The monoisotopic (exact) mass is 347 g/mol. The van der Waals surface area contributed by atoms with Crippen LogP contribution in [0.5, 0.6) is 0 Å². The molecule has 0 aliphatic heterocycles. The number of hydrogen-bond acceptors (Lipinski definition) is 1. The zero-order valence-electron chi connectivity index (χ0n) is 16.4. The second-order valence-corrected chi connectivity index (χ2v) is 7.12. The first-order valence-corrected chi connectivity index (χ1v) is 9.23. The summed E-state index contributed by atoms with van der Waals surface area (Å²) in [5, 5.41) is 0. The van der Waals surface area contributed by atoms with E-state index in [0.29, 0.717) is 0 Å². The molecule has 2 aromatic carbocycles. The van der Waals surface area contributed by atoms with Crippen LogP contribution in [-0.4, -0.2) is 22.9 Å². The molecule has 0 atom stereocenters. The maximum Gasteiger partial charge on any atom is 0.254 e. The molecule has 0 fully saturated rings. The van der Waals surface area contributed by atoms with Gasteiger partial charge < -0.3 is 4.90 Å². The molecular formula is C24H29NO. The standard InChI is InChI=1S/C24H29NO/c1-18(2)25(19(3)4)24(26)23-14-10-9-13-22(23)16-15-20(5)17-21-11-7-6-8-12-21/h6-19H,1-5H3/b16-15+,20-17+. The van der Waals surface area contributed by atoms with E-state index in [2.05, 4.69) is 58.9 Å². The molecule has 2 rings (SSSR count). The average molecular weight is 348 g/mol. The summed E-state index contributed by atoms with van der Waals surface area (Å²) in [6, 6.07) is 18.4. The Labute approximate surface area is 157 Å². The molecule has 0 unspecified atom stereocenters. The van der Waals surface area contributed by atoms with E-state index >= 15 is 0 Å². The molecule has 0 saturated carbocycles. The number of benzene rings is 2. The molecule has 0 aromatic heterocycles. The highest BCUT2D eigenvalue weighted by molar-refractivity contribution is 5.98. The van der Waals surface area contributed by atoms with Gasteiger partial charge in [0.05, 0.1) is 0 Å². The molecule has 2 heteroatoms. The summed E-state index contributed by atoms with van der Waals surface area (Å²) in [6.45, 7) is 10.3. The van der Waals surface area contributed by atoms with Crippen LogP contribution in [0.15, 0.2) is 66.2 Å². The van der Waals surface area contributed by atoms with Crippen LogP contribution in [0.2, 0.25) is 0 Å². The summed E-state index contributed by atoms with van der Waals surface area (Å²) < 4.78 is 0.